The van der Waals surface area contributed by atoms with Gasteiger partial charge in [0.05, 0.1) is 0 Å². The van der Waals surface area contributed by atoms with E-state index in [0.717, 1.165) is 12.3 Å². The number of carbonyl (C=O) groups is 2. The number of hydrogen-bond acceptors (Lipinski definition) is 2. The van der Waals surface area contributed by atoms with Gasteiger partial charge in [-0.15, -0.1) is 0 Å². The third-order valence-electron chi connectivity index (χ3n) is 3.50. The van der Waals surface area contributed by atoms with Gasteiger partial charge in [0.15, 0.2) is 0 Å². The van der Waals surface area contributed by atoms with E-state index in [-0.39, 0.29) is 6.03 Å². The third-order valence-corrected chi connectivity index (χ3v) is 3.50. The number of hydrogen-bond donors (Lipinski definition) is 3. The van der Waals surface area contributed by atoms with Crippen molar-refractivity contribution in [2.45, 2.75) is 51.5 Å². The molecule has 98 valence electrons. The van der Waals surface area contributed by atoms with Crippen LogP contribution in [0.25, 0.3) is 0 Å². The van der Waals surface area contributed by atoms with Gasteiger partial charge in [-0.2, -0.15) is 0 Å². The fourth-order valence-corrected chi connectivity index (χ4v) is 1.84. The molecule has 1 rings (SSSR count). The van der Waals surface area contributed by atoms with Crippen LogP contribution in [0, 0.1) is 5.92 Å². The zero-order valence-corrected chi connectivity index (χ0v) is 10.6. The van der Waals surface area contributed by atoms with E-state index in [9.17, 15) is 9.59 Å². The average molecular weight is 242 g/mol. The van der Waals surface area contributed by atoms with Gasteiger partial charge in [0.2, 0.25) is 0 Å². The van der Waals surface area contributed by atoms with Crippen molar-refractivity contribution < 1.29 is 14.7 Å². The minimum absolute atomic E-state index is 0.378. The summed E-state index contributed by atoms with van der Waals surface area (Å²) in [7, 11) is 0. The average Bonchev–Trinajstić information content (AvgIpc) is 3.09. The molecule has 5 nitrogen and oxygen atoms in total. The summed E-state index contributed by atoms with van der Waals surface area (Å²) in [5.41, 5.74) is -1.14. The van der Waals surface area contributed by atoms with E-state index >= 15 is 0 Å². The molecule has 0 radical (unpaired) electrons. The van der Waals surface area contributed by atoms with E-state index in [1.54, 1.807) is 13.8 Å². The topological polar surface area (TPSA) is 78.4 Å². The van der Waals surface area contributed by atoms with Crippen molar-refractivity contribution in [2.24, 2.45) is 5.92 Å². The van der Waals surface area contributed by atoms with Crippen molar-refractivity contribution >= 4 is 12.0 Å². The number of nitrogens with one attached hydrogen (secondary N) is 2. The lowest BCUT2D eigenvalue weighted by Crippen LogP contribution is -2.56. The molecule has 0 aromatic rings. The second-order valence-corrected chi connectivity index (χ2v) is 4.71. The molecule has 0 bridgehead atoms. The highest BCUT2D eigenvalue weighted by molar-refractivity contribution is 5.86. The van der Waals surface area contributed by atoms with E-state index in [4.69, 9.17) is 5.11 Å². The normalized spacial score (nSPS) is 15.4. The highest BCUT2D eigenvalue weighted by Gasteiger charge is 2.36. The number of carboxylic acid groups (broad SMARTS) is 1. The highest BCUT2D eigenvalue weighted by atomic mass is 16.4. The second-order valence-electron chi connectivity index (χ2n) is 4.71. The van der Waals surface area contributed by atoms with Gasteiger partial charge in [-0.1, -0.05) is 26.7 Å². The van der Waals surface area contributed by atoms with E-state index in [1.165, 1.54) is 12.8 Å². The summed E-state index contributed by atoms with van der Waals surface area (Å²) in [6.07, 6.45) is 4.27. The maximum absolute atomic E-state index is 11.6. The van der Waals surface area contributed by atoms with Crippen LogP contribution in [0.4, 0.5) is 4.79 Å². The molecule has 5 heteroatoms. The molecule has 0 saturated heterocycles. The highest BCUT2D eigenvalue weighted by Crippen LogP contribution is 2.31. The van der Waals surface area contributed by atoms with Crippen LogP contribution in [0.3, 0.4) is 0 Å². The molecule has 1 saturated carbocycles. The molecular weight excluding hydrogens is 220 g/mol. The fourth-order valence-electron chi connectivity index (χ4n) is 1.84. The van der Waals surface area contributed by atoms with Gasteiger partial charge >= 0.3 is 12.0 Å². The molecule has 0 spiro atoms. The van der Waals surface area contributed by atoms with Gasteiger partial charge in [0, 0.05) is 6.54 Å². The van der Waals surface area contributed by atoms with Crippen molar-refractivity contribution in [2.75, 3.05) is 6.54 Å². The van der Waals surface area contributed by atoms with Gasteiger partial charge in [0.25, 0.3) is 0 Å². The maximum Gasteiger partial charge on any atom is 0.329 e. The standard InChI is InChI=1S/C12H22N2O3/c1-3-12(4-2,10(15)16)14-11(17)13-8-7-9-5-6-9/h9H,3-8H2,1-2H3,(H,15,16)(H2,13,14,17). The molecule has 1 aliphatic rings. The number of aliphatic carboxylic acids is 1. The number of rotatable bonds is 7. The lowest BCUT2D eigenvalue weighted by atomic mass is 9.93. The summed E-state index contributed by atoms with van der Waals surface area (Å²) in [5, 5.41) is 14.4. The van der Waals surface area contributed by atoms with E-state index in [2.05, 4.69) is 10.6 Å². The van der Waals surface area contributed by atoms with Crippen molar-refractivity contribution in [1.82, 2.24) is 10.6 Å². The van der Waals surface area contributed by atoms with Gasteiger partial charge in [-0.25, -0.2) is 9.59 Å². The summed E-state index contributed by atoms with van der Waals surface area (Å²) < 4.78 is 0. The van der Waals surface area contributed by atoms with Crippen LogP contribution in [-0.2, 0) is 4.79 Å². The van der Waals surface area contributed by atoms with E-state index in [0.29, 0.717) is 19.4 Å². The van der Waals surface area contributed by atoms with Crippen LogP contribution < -0.4 is 10.6 Å². The molecule has 0 aliphatic heterocycles. The van der Waals surface area contributed by atoms with Crippen molar-refractivity contribution in [3.05, 3.63) is 0 Å². The molecule has 1 fully saturated rings. The van der Waals surface area contributed by atoms with Crippen LogP contribution in [0.2, 0.25) is 0 Å². The van der Waals surface area contributed by atoms with Crippen LogP contribution >= 0.6 is 0 Å². The second kappa shape index (κ2) is 5.89. The van der Waals surface area contributed by atoms with Crippen LogP contribution in [0.15, 0.2) is 0 Å². The molecule has 17 heavy (non-hydrogen) atoms. The Kier molecular flexibility index (Phi) is 4.78. The fraction of sp³-hybridized carbons (Fsp3) is 0.833. The minimum atomic E-state index is -1.14. The predicted octanol–water partition coefficient (Wildman–Crippen LogP) is 1.73. The predicted molar refractivity (Wildman–Crippen MR) is 64.8 cm³/mol. The minimum Gasteiger partial charge on any atom is -0.480 e. The van der Waals surface area contributed by atoms with Gasteiger partial charge < -0.3 is 15.7 Å². The first kappa shape index (κ1) is 13.8. The van der Waals surface area contributed by atoms with Crippen molar-refractivity contribution in [3.63, 3.8) is 0 Å². The Morgan fingerprint density at radius 3 is 2.29 bits per heavy atom. The molecule has 2 amide bonds. The Labute approximate surface area is 102 Å². The van der Waals surface area contributed by atoms with Crippen LogP contribution in [0.1, 0.15) is 46.0 Å². The quantitative estimate of drug-likeness (QED) is 0.636. The number of carbonyl (C=O) groups excluding carboxylic acids is 1. The zero-order chi connectivity index (χ0) is 12.9. The summed E-state index contributed by atoms with van der Waals surface area (Å²) in [5.74, 6) is -0.211. The Morgan fingerprint density at radius 2 is 1.88 bits per heavy atom. The Balaban J connectivity index is 2.36. The number of urea groups is 1. The van der Waals surface area contributed by atoms with Crippen molar-refractivity contribution in [3.8, 4) is 0 Å². The van der Waals surface area contributed by atoms with Gasteiger partial charge in [-0.3, -0.25) is 0 Å². The first-order chi connectivity index (χ1) is 8.04. The molecule has 0 heterocycles. The van der Waals surface area contributed by atoms with Crippen LogP contribution in [-0.4, -0.2) is 29.2 Å². The summed E-state index contributed by atoms with van der Waals surface area (Å²) in [6, 6.07) is -0.378. The largest absolute Gasteiger partial charge is 0.480 e. The SMILES string of the molecule is CCC(CC)(NC(=O)NCCC1CC1)C(=O)O. The smallest absolute Gasteiger partial charge is 0.329 e. The molecule has 1 aliphatic carbocycles. The summed E-state index contributed by atoms with van der Waals surface area (Å²) in [4.78, 5) is 22.8. The molecule has 3 N–H and O–H groups in total. The molecule has 0 atom stereocenters. The maximum atomic E-state index is 11.6. The monoisotopic (exact) mass is 242 g/mol. The molecular formula is C12H22N2O3. The van der Waals surface area contributed by atoms with Gasteiger partial charge in [-0.05, 0) is 25.2 Å². The zero-order valence-electron chi connectivity index (χ0n) is 10.6. The Hall–Kier alpha value is -1.26. The number of carboxylic acids is 1. The van der Waals surface area contributed by atoms with E-state index < -0.39 is 11.5 Å². The molecule has 0 unspecified atom stereocenters. The molecule has 0 aromatic heterocycles. The Bertz CT molecular complexity index is 283. The van der Waals surface area contributed by atoms with Gasteiger partial charge in [0.1, 0.15) is 5.54 Å². The lowest BCUT2D eigenvalue weighted by Gasteiger charge is -2.28. The lowest BCUT2D eigenvalue weighted by molar-refractivity contribution is -0.144. The third kappa shape index (κ3) is 3.91. The first-order valence-corrected chi connectivity index (χ1v) is 6.33. The summed E-state index contributed by atoms with van der Waals surface area (Å²) in [6.45, 7) is 4.16. The molecule has 0 aromatic carbocycles. The van der Waals surface area contributed by atoms with E-state index in [1.807, 2.05) is 0 Å². The number of amides is 2. The Morgan fingerprint density at radius 1 is 1.29 bits per heavy atom. The summed E-state index contributed by atoms with van der Waals surface area (Å²) >= 11 is 0. The van der Waals surface area contributed by atoms with Crippen molar-refractivity contribution in [1.29, 1.82) is 0 Å². The van der Waals surface area contributed by atoms with Crippen LogP contribution in [0.5, 0.6) is 0 Å². The first-order valence-electron chi connectivity index (χ1n) is 6.33.